The molecule has 20 heavy (non-hydrogen) atoms. The molecule has 0 fully saturated rings. The number of nitrogens with zero attached hydrogens (tertiary/aromatic N) is 1. The summed E-state index contributed by atoms with van der Waals surface area (Å²) in [6.45, 7) is 0. The van der Waals surface area contributed by atoms with Gasteiger partial charge in [-0.15, -0.1) is 11.8 Å². The van der Waals surface area contributed by atoms with Crippen molar-refractivity contribution in [2.45, 2.75) is 10.6 Å². The lowest BCUT2D eigenvalue weighted by atomic mass is 10.2. The molecule has 0 aliphatic rings. The predicted molar refractivity (Wildman–Crippen MR) is 77.2 cm³/mol. The van der Waals surface area contributed by atoms with Crippen LogP contribution in [-0.2, 0) is 5.75 Å². The molecule has 1 aromatic carbocycles. The molecule has 0 saturated heterocycles. The average molecular weight is 332 g/mol. The highest BCUT2D eigenvalue weighted by atomic mass is 35.5. The van der Waals surface area contributed by atoms with E-state index < -0.39 is 11.8 Å². The molecule has 0 unspecified atom stereocenters. The average Bonchev–Trinajstić information content (AvgIpc) is 2.39. The van der Waals surface area contributed by atoms with Crippen molar-refractivity contribution in [1.82, 2.24) is 4.98 Å². The summed E-state index contributed by atoms with van der Waals surface area (Å²) in [7, 11) is 0. The van der Waals surface area contributed by atoms with E-state index in [0.717, 1.165) is 11.6 Å². The topological polar surface area (TPSA) is 50.2 Å². The number of pyridine rings is 1. The highest BCUT2D eigenvalue weighted by molar-refractivity contribution is 7.98. The van der Waals surface area contributed by atoms with Crippen LogP contribution in [0.4, 0.5) is 4.39 Å². The molecule has 0 radical (unpaired) electrons. The molecule has 2 rings (SSSR count). The van der Waals surface area contributed by atoms with Gasteiger partial charge in [0, 0.05) is 10.6 Å². The van der Waals surface area contributed by atoms with Crippen molar-refractivity contribution in [2.24, 2.45) is 0 Å². The number of carbonyl (C=O) groups is 1. The third-order valence-electron chi connectivity index (χ3n) is 2.45. The second-order valence-electron chi connectivity index (χ2n) is 3.82. The molecule has 3 nitrogen and oxygen atoms in total. The Morgan fingerprint density at radius 3 is 2.70 bits per heavy atom. The van der Waals surface area contributed by atoms with E-state index in [2.05, 4.69) is 4.98 Å². The van der Waals surface area contributed by atoms with Crippen LogP contribution < -0.4 is 0 Å². The quantitative estimate of drug-likeness (QED) is 0.661. The van der Waals surface area contributed by atoms with Gasteiger partial charge in [0.05, 0.1) is 5.56 Å². The summed E-state index contributed by atoms with van der Waals surface area (Å²) in [4.78, 5) is 15.4. The Hall–Kier alpha value is -1.30. The summed E-state index contributed by atoms with van der Waals surface area (Å²) < 4.78 is 13.3. The Bertz CT molecular complexity index is 667. The molecule has 104 valence electrons. The van der Waals surface area contributed by atoms with Crippen molar-refractivity contribution in [3.05, 3.63) is 57.6 Å². The molecule has 0 spiro atoms. The van der Waals surface area contributed by atoms with Crippen LogP contribution in [0.1, 0.15) is 15.9 Å². The van der Waals surface area contributed by atoms with Gasteiger partial charge in [-0.25, -0.2) is 14.2 Å². The molecule has 0 atom stereocenters. The first-order chi connectivity index (χ1) is 9.47. The Labute approximate surface area is 128 Å². The Morgan fingerprint density at radius 2 is 2.05 bits per heavy atom. The fraction of sp³-hybridized carbons (Fsp3) is 0.0769. The second kappa shape index (κ2) is 6.43. The standard InChI is InChI=1S/C13H8Cl2FNO2S/c14-11-4-1-7(12(15)17-11)6-20-8-2-3-10(16)9(5-8)13(18)19/h1-5H,6H2,(H,18,19). The molecule has 1 heterocycles. The maximum atomic E-state index is 13.3. The van der Waals surface area contributed by atoms with Crippen molar-refractivity contribution in [1.29, 1.82) is 0 Å². The van der Waals surface area contributed by atoms with Crippen molar-refractivity contribution in [2.75, 3.05) is 0 Å². The van der Waals surface area contributed by atoms with Crippen molar-refractivity contribution < 1.29 is 14.3 Å². The lowest BCUT2D eigenvalue weighted by Gasteiger charge is -2.05. The number of rotatable bonds is 4. The van der Waals surface area contributed by atoms with Gasteiger partial charge in [0.2, 0.25) is 0 Å². The summed E-state index contributed by atoms with van der Waals surface area (Å²) in [6.07, 6.45) is 0. The minimum Gasteiger partial charge on any atom is -0.478 e. The monoisotopic (exact) mass is 331 g/mol. The van der Waals surface area contributed by atoms with E-state index in [1.54, 1.807) is 12.1 Å². The minimum absolute atomic E-state index is 0.297. The van der Waals surface area contributed by atoms with Crippen LogP contribution in [-0.4, -0.2) is 16.1 Å². The molecule has 1 N–H and O–H groups in total. The van der Waals surface area contributed by atoms with Crippen molar-refractivity contribution in [3.63, 3.8) is 0 Å². The number of aromatic carboxylic acids is 1. The number of halogens is 3. The lowest BCUT2D eigenvalue weighted by molar-refractivity contribution is 0.0691. The van der Waals surface area contributed by atoms with E-state index in [9.17, 15) is 9.18 Å². The van der Waals surface area contributed by atoms with Gasteiger partial charge in [-0.3, -0.25) is 0 Å². The SMILES string of the molecule is O=C(O)c1cc(SCc2ccc(Cl)nc2Cl)ccc1F. The van der Waals surface area contributed by atoms with Gasteiger partial charge in [-0.2, -0.15) is 0 Å². The molecular formula is C13H8Cl2FNO2S. The largest absolute Gasteiger partial charge is 0.478 e. The van der Waals surface area contributed by atoms with Crippen LogP contribution in [0.2, 0.25) is 10.3 Å². The predicted octanol–water partition coefficient (Wildman–Crippen LogP) is 4.52. The Balaban J connectivity index is 2.15. The molecule has 0 aliphatic carbocycles. The van der Waals surface area contributed by atoms with E-state index in [0.29, 0.717) is 21.0 Å². The maximum Gasteiger partial charge on any atom is 0.338 e. The lowest BCUT2D eigenvalue weighted by Crippen LogP contribution is -2.00. The Morgan fingerprint density at radius 1 is 1.30 bits per heavy atom. The van der Waals surface area contributed by atoms with E-state index >= 15 is 0 Å². The summed E-state index contributed by atoms with van der Waals surface area (Å²) in [6, 6.07) is 7.31. The first kappa shape index (κ1) is 15.1. The smallest absolute Gasteiger partial charge is 0.338 e. The molecule has 0 saturated carbocycles. The van der Waals surface area contributed by atoms with E-state index in [1.807, 2.05) is 0 Å². The van der Waals surface area contributed by atoms with Gasteiger partial charge in [0.25, 0.3) is 0 Å². The van der Waals surface area contributed by atoms with Gasteiger partial charge in [-0.1, -0.05) is 29.3 Å². The zero-order valence-corrected chi connectivity index (χ0v) is 12.3. The van der Waals surface area contributed by atoms with Gasteiger partial charge in [0.1, 0.15) is 16.1 Å². The number of hydrogen-bond donors (Lipinski definition) is 1. The highest BCUT2D eigenvalue weighted by Crippen LogP contribution is 2.28. The van der Waals surface area contributed by atoms with Crippen LogP contribution in [0.25, 0.3) is 0 Å². The maximum absolute atomic E-state index is 13.3. The summed E-state index contributed by atoms with van der Waals surface area (Å²) >= 11 is 13.0. The summed E-state index contributed by atoms with van der Waals surface area (Å²) in [5.74, 6) is -1.57. The number of aromatic nitrogens is 1. The molecule has 0 amide bonds. The zero-order chi connectivity index (χ0) is 14.7. The van der Waals surface area contributed by atoms with Gasteiger partial charge in [-0.05, 0) is 29.8 Å². The Kier molecular flexibility index (Phi) is 4.86. The summed E-state index contributed by atoms with van der Waals surface area (Å²) in [5, 5.41) is 9.46. The number of hydrogen-bond acceptors (Lipinski definition) is 3. The highest BCUT2D eigenvalue weighted by Gasteiger charge is 2.11. The summed E-state index contributed by atoms with van der Waals surface area (Å²) in [5.41, 5.74) is 0.414. The molecule has 0 aliphatic heterocycles. The number of thioether (sulfide) groups is 1. The first-order valence-electron chi connectivity index (χ1n) is 5.44. The van der Waals surface area contributed by atoms with Crippen LogP contribution in [0.5, 0.6) is 0 Å². The van der Waals surface area contributed by atoms with Gasteiger partial charge >= 0.3 is 5.97 Å². The molecule has 1 aromatic heterocycles. The van der Waals surface area contributed by atoms with Crippen LogP contribution in [0.15, 0.2) is 35.2 Å². The number of carboxylic acid groups (broad SMARTS) is 1. The number of carboxylic acids is 1. The zero-order valence-electron chi connectivity index (χ0n) is 9.94. The van der Waals surface area contributed by atoms with E-state index in [1.165, 1.54) is 23.9 Å². The van der Waals surface area contributed by atoms with E-state index in [4.69, 9.17) is 28.3 Å². The van der Waals surface area contributed by atoms with Crippen molar-refractivity contribution in [3.8, 4) is 0 Å². The molecule has 2 aromatic rings. The van der Waals surface area contributed by atoms with Crippen LogP contribution in [0.3, 0.4) is 0 Å². The molecule has 7 heteroatoms. The molecule has 0 bridgehead atoms. The van der Waals surface area contributed by atoms with Crippen LogP contribution in [0, 0.1) is 5.82 Å². The second-order valence-corrected chi connectivity index (χ2v) is 5.61. The van der Waals surface area contributed by atoms with Gasteiger partial charge in [0.15, 0.2) is 0 Å². The third-order valence-corrected chi connectivity index (χ3v) is 4.03. The minimum atomic E-state index is -1.30. The van der Waals surface area contributed by atoms with Crippen molar-refractivity contribution >= 4 is 40.9 Å². The van der Waals surface area contributed by atoms with Gasteiger partial charge < -0.3 is 5.11 Å². The third kappa shape index (κ3) is 3.62. The number of benzene rings is 1. The van der Waals surface area contributed by atoms with Crippen LogP contribution >= 0.6 is 35.0 Å². The molecular weight excluding hydrogens is 324 g/mol. The normalized spacial score (nSPS) is 10.6. The fourth-order valence-corrected chi connectivity index (χ4v) is 2.88. The van der Waals surface area contributed by atoms with E-state index in [-0.39, 0.29) is 5.56 Å². The first-order valence-corrected chi connectivity index (χ1v) is 7.18. The fourth-order valence-electron chi connectivity index (χ4n) is 1.47.